The monoisotopic (exact) mass is 730 g/mol. The molecule has 1 fully saturated rings. The van der Waals surface area contributed by atoms with Crippen molar-refractivity contribution < 1.29 is 24.8 Å². The van der Waals surface area contributed by atoms with E-state index in [0.717, 1.165) is 39.5 Å². The number of fused-ring (bicyclic) bond motifs is 3. The molecule has 5 aromatic rings. The molecule has 4 heterocycles. The van der Waals surface area contributed by atoms with Crippen LogP contribution in [-0.4, -0.2) is 14.5 Å². The Hall–Kier alpha value is -3.53. The molecule has 0 atom stereocenters. The van der Waals surface area contributed by atoms with Gasteiger partial charge in [-0.25, -0.2) is 0 Å². The predicted molar refractivity (Wildman–Crippen MR) is 165 cm³/mol. The van der Waals surface area contributed by atoms with Gasteiger partial charge in [-0.15, -0.1) is 60.2 Å². The van der Waals surface area contributed by atoms with Crippen LogP contribution in [0, 0.1) is 18.1 Å². The van der Waals surface area contributed by atoms with Crippen LogP contribution >= 0.6 is 0 Å². The fraction of sp³-hybridized carbons (Fsp3) is 0.297. The van der Waals surface area contributed by atoms with Crippen LogP contribution in [0.2, 0.25) is 0 Å². The first-order valence-electron chi connectivity index (χ1n) is 14.7. The van der Waals surface area contributed by atoms with Crippen LogP contribution in [0.25, 0.3) is 39.3 Å². The van der Waals surface area contributed by atoms with Crippen LogP contribution in [0.3, 0.4) is 0 Å². The van der Waals surface area contributed by atoms with Crippen LogP contribution in [-0.2, 0) is 31.2 Å². The Morgan fingerprint density at radius 3 is 2.48 bits per heavy atom. The van der Waals surface area contributed by atoms with Crippen molar-refractivity contribution in [2.24, 2.45) is 5.92 Å². The zero-order valence-corrected chi connectivity index (χ0v) is 27.0. The summed E-state index contributed by atoms with van der Waals surface area (Å²) in [6.07, 6.45) is 9.69. The summed E-state index contributed by atoms with van der Waals surface area (Å²) >= 11 is 0. The third kappa shape index (κ3) is 4.83. The molecule has 42 heavy (non-hydrogen) atoms. The van der Waals surface area contributed by atoms with Gasteiger partial charge in [0, 0.05) is 37.6 Å². The molecule has 2 aromatic heterocycles. The normalized spacial score (nSPS) is 17.6. The average molecular weight is 730 g/mol. The second kappa shape index (κ2) is 10.9. The van der Waals surface area contributed by atoms with Gasteiger partial charge in [0.25, 0.3) is 0 Å². The van der Waals surface area contributed by atoms with E-state index in [1.807, 2.05) is 42.6 Å². The Bertz CT molecular complexity index is 1780. The molecule has 0 bridgehead atoms. The second-order valence-electron chi connectivity index (χ2n) is 12.4. The fourth-order valence-electron chi connectivity index (χ4n) is 6.84. The molecule has 8 rings (SSSR count). The Morgan fingerprint density at radius 1 is 0.881 bits per heavy atom. The van der Waals surface area contributed by atoms with Gasteiger partial charge < -0.3 is 14.3 Å². The van der Waals surface area contributed by atoms with Gasteiger partial charge in [0.2, 0.25) is 0 Å². The number of benzene rings is 3. The van der Waals surface area contributed by atoms with Gasteiger partial charge in [-0.1, -0.05) is 42.7 Å². The largest absolute Gasteiger partial charge is 0.528 e. The summed E-state index contributed by atoms with van der Waals surface area (Å²) in [7, 11) is 0. The number of hydrogen-bond donors (Lipinski definition) is 0. The Morgan fingerprint density at radius 2 is 1.69 bits per heavy atom. The summed E-state index contributed by atoms with van der Waals surface area (Å²) in [6.45, 7) is 8.74. The minimum Gasteiger partial charge on any atom is -0.528 e. The Balaban J connectivity index is 0.000000161. The van der Waals surface area contributed by atoms with E-state index < -0.39 is 0 Å². The van der Waals surface area contributed by atoms with Crippen molar-refractivity contribution >= 4 is 16.6 Å². The Labute approximate surface area is 262 Å². The number of rotatable bonds is 2. The molecule has 3 aliphatic rings. The van der Waals surface area contributed by atoms with Gasteiger partial charge in [-0.2, -0.15) is 0 Å². The molecule has 0 spiro atoms. The van der Waals surface area contributed by atoms with Gasteiger partial charge in [0.05, 0.1) is 22.4 Å². The van der Waals surface area contributed by atoms with E-state index >= 15 is 0 Å². The molecule has 5 heteroatoms. The van der Waals surface area contributed by atoms with Crippen LogP contribution in [0.15, 0.2) is 85.1 Å². The maximum absolute atomic E-state index is 5.97. The summed E-state index contributed by atoms with van der Waals surface area (Å²) in [5.41, 5.74) is 9.03. The minimum absolute atomic E-state index is 0. The molecule has 1 saturated carbocycles. The van der Waals surface area contributed by atoms with E-state index in [4.69, 9.17) is 9.72 Å². The number of para-hydroxylation sites is 1. The fourth-order valence-corrected chi connectivity index (χ4v) is 6.84. The summed E-state index contributed by atoms with van der Waals surface area (Å²) in [5.74, 6) is 2.59. The molecule has 1 radical (unpaired) electrons. The summed E-state index contributed by atoms with van der Waals surface area (Å²) in [6, 6.07) is 31.1. The van der Waals surface area contributed by atoms with Crippen LogP contribution < -0.4 is 4.74 Å². The van der Waals surface area contributed by atoms with Gasteiger partial charge in [-0.3, -0.25) is 4.98 Å². The standard InChI is InChI=1S/C23H23N2.C14H12NO.Ir/c1-23(2)15-19(16-9-6-7-10-16)18-13-8-14-20-21(18)25(23)22(24-20)17-11-4-3-5-12-17;1-14(2)11-7-5-9-15-13(11)10-6-3-4-8-12(10)16-14;/h3-5,8,11,13-16H,6-7,9-10H2,1-2H3;3-5,7-9H,1-2H3;/q2*-1;. The molecule has 3 aromatic carbocycles. The third-order valence-corrected chi connectivity index (χ3v) is 8.69. The molecule has 215 valence electrons. The van der Waals surface area contributed by atoms with Crippen molar-refractivity contribution in [3.05, 3.63) is 108 Å². The van der Waals surface area contributed by atoms with Crippen LogP contribution in [0.1, 0.15) is 64.5 Å². The Kier molecular flexibility index (Phi) is 7.45. The van der Waals surface area contributed by atoms with Gasteiger partial charge in [-0.05, 0) is 75.4 Å². The molecular formula is C37H35IrN3O-2. The first-order valence-corrected chi connectivity index (χ1v) is 14.7. The molecule has 0 unspecified atom stereocenters. The maximum atomic E-state index is 5.97. The van der Waals surface area contributed by atoms with Crippen LogP contribution in [0.4, 0.5) is 0 Å². The van der Waals surface area contributed by atoms with E-state index in [0.29, 0.717) is 5.92 Å². The molecule has 1 aliphatic carbocycles. The predicted octanol–water partition coefficient (Wildman–Crippen LogP) is 9.00. The second-order valence-corrected chi connectivity index (χ2v) is 12.4. The number of aromatic nitrogens is 3. The molecule has 2 aliphatic heterocycles. The first-order chi connectivity index (χ1) is 19.8. The van der Waals surface area contributed by atoms with Crippen molar-refractivity contribution in [2.45, 2.75) is 64.5 Å². The zero-order chi connectivity index (χ0) is 28.2. The van der Waals surface area contributed by atoms with E-state index in [9.17, 15) is 0 Å². The third-order valence-electron chi connectivity index (χ3n) is 8.69. The van der Waals surface area contributed by atoms with Crippen LogP contribution in [0.5, 0.6) is 5.75 Å². The molecule has 0 amide bonds. The number of hydrogen-bond acceptors (Lipinski definition) is 3. The summed E-state index contributed by atoms with van der Waals surface area (Å²) < 4.78 is 8.39. The number of nitrogens with zero attached hydrogens (tertiary/aromatic N) is 3. The van der Waals surface area contributed by atoms with Gasteiger partial charge in [0.1, 0.15) is 5.60 Å². The SMILES string of the molecule is CC1(C)C=C(C2CCCC2)c2cccc3nc(-c4[c-]cccc4)n1c23.CC1(C)Oc2ccc[c-]c2-c2ncccc21.[Ir]. The number of ether oxygens (including phenoxy) is 1. The average Bonchev–Trinajstić information content (AvgIpc) is 3.66. The van der Waals surface area contributed by atoms with E-state index in [-0.39, 0.29) is 31.2 Å². The molecular weight excluding hydrogens is 695 g/mol. The summed E-state index contributed by atoms with van der Waals surface area (Å²) in [4.78, 5) is 9.45. The van der Waals surface area contributed by atoms with Crippen molar-refractivity contribution in [1.82, 2.24) is 14.5 Å². The smallest absolute Gasteiger partial charge is 0.110 e. The van der Waals surface area contributed by atoms with E-state index in [1.54, 1.807) is 5.57 Å². The number of allylic oxidation sites excluding steroid dienone is 2. The molecule has 0 saturated heterocycles. The van der Waals surface area contributed by atoms with E-state index in [2.05, 4.69) is 91.9 Å². The summed E-state index contributed by atoms with van der Waals surface area (Å²) in [5, 5.41) is 0. The maximum Gasteiger partial charge on any atom is 0.110 e. The molecule has 4 nitrogen and oxygen atoms in total. The molecule has 0 N–H and O–H groups in total. The van der Waals surface area contributed by atoms with Crippen molar-refractivity contribution in [2.75, 3.05) is 0 Å². The van der Waals surface area contributed by atoms with Crippen molar-refractivity contribution in [3.8, 4) is 28.4 Å². The number of imidazole rings is 1. The zero-order valence-electron chi connectivity index (χ0n) is 24.6. The minimum atomic E-state index is -0.328. The van der Waals surface area contributed by atoms with Gasteiger partial charge >= 0.3 is 0 Å². The topological polar surface area (TPSA) is 39.9 Å². The van der Waals surface area contributed by atoms with E-state index in [1.165, 1.54) is 36.8 Å². The first kappa shape index (κ1) is 28.6. The van der Waals surface area contributed by atoms with Gasteiger partial charge in [0.15, 0.2) is 0 Å². The quantitative estimate of drug-likeness (QED) is 0.170. The number of pyridine rings is 1. The van der Waals surface area contributed by atoms with Crippen molar-refractivity contribution in [1.29, 1.82) is 0 Å². The van der Waals surface area contributed by atoms with Crippen molar-refractivity contribution in [3.63, 3.8) is 0 Å².